The van der Waals surface area contributed by atoms with E-state index in [9.17, 15) is 4.79 Å². The number of nitrogens with one attached hydrogen (secondary N) is 1. The first kappa shape index (κ1) is 15.2. The largest absolute Gasteiger partial charge is 0.381 e. The quantitative estimate of drug-likeness (QED) is 0.621. The smallest absolute Gasteiger partial charge is 0.251 e. The van der Waals surface area contributed by atoms with Crippen molar-refractivity contribution in [3.05, 3.63) is 34.9 Å². The molecule has 0 saturated carbocycles. The Morgan fingerprint density at radius 1 is 1.28 bits per heavy atom. The van der Waals surface area contributed by atoms with Crippen molar-refractivity contribution >= 4 is 21.8 Å². The summed E-state index contributed by atoms with van der Waals surface area (Å²) in [7, 11) is 0. The number of aryl methyl sites for hydroxylation is 2. The molecule has 4 heteroatoms. The highest BCUT2D eigenvalue weighted by Gasteiger charge is 2.05. The third kappa shape index (κ3) is 5.19. The third-order valence-corrected chi connectivity index (χ3v) is 3.07. The SMILES string of the molecule is Cc1ccc(C(=O)NCCCOCCBr)cc1C. The zero-order valence-electron chi connectivity index (χ0n) is 11.0. The molecular weight excluding hydrogens is 294 g/mol. The van der Waals surface area contributed by atoms with E-state index < -0.39 is 0 Å². The topological polar surface area (TPSA) is 38.3 Å². The van der Waals surface area contributed by atoms with Crippen LogP contribution in [-0.4, -0.2) is 31.0 Å². The van der Waals surface area contributed by atoms with Crippen LogP contribution < -0.4 is 5.32 Å². The number of carbonyl (C=O) groups excluding carboxylic acids is 1. The summed E-state index contributed by atoms with van der Waals surface area (Å²) >= 11 is 3.29. The second-order valence-electron chi connectivity index (χ2n) is 4.21. The average Bonchev–Trinajstić information content (AvgIpc) is 2.36. The molecule has 0 heterocycles. The molecule has 0 aliphatic heterocycles. The van der Waals surface area contributed by atoms with E-state index in [4.69, 9.17) is 4.74 Å². The zero-order chi connectivity index (χ0) is 13.4. The molecule has 0 aliphatic rings. The van der Waals surface area contributed by atoms with Crippen molar-refractivity contribution in [3.63, 3.8) is 0 Å². The lowest BCUT2D eigenvalue weighted by atomic mass is 10.1. The average molecular weight is 314 g/mol. The number of hydrogen-bond acceptors (Lipinski definition) is 2. The van der Waals surface area contributed by atoms with Gasteiger partial charge in [-0.1, -0.05) is 22.0 Å². The maximum absolute atomic E-state index is 11.8. The first-order valence-electron chi connectivity index (χ1n) is 6.14. The van der Waals surface area contributed by atoms with E-state index >= 15 is 0 Å². The molecule has 0 unspecified atom stereocenters. The number of hydrogen-bond donors (Lipinski definition) is 1. The maximum atomic E-state index is 11.8. The fourth-order valence-corrected chi connectivity index (χ4v) is 1.75. The highest BCUT2D eigenvalue weighted by atomic mass is 79.9. The summed E-state index contributed by atoms with van der Waals surface area (Å²) in [5, 5.41) is 3.74. The number of carbonyl (C=O) groups is 1. The lowest BCUT2D eigenvalue weighted by molar-refractivity contribution is 0.0944. The second-order valence-corrected chi connectivity index (χ2v) is 5.00. The maximum Gasteiger partial charge on any atom is 0.251 e. The van der Waals surface area contributed by atoms with Crippen LogP contribution in [0.3, 0.4) is 0 Å². The predicted octanol–water partition coefficient (Wildman–Crippen LogP) is 2.83. The number of rotatable bonds is 7. The van der Waals surface area contributed by atoms with Crippen LogP contribution in [0.5, 0.6) is 0 Å². The minimum Gasteiger partial charge on any atom is -0.381 e. The zero-order valence-corrected chi connectivity index (χ0v) is 12.5. The summed E-state index contributed by atoms with van der Waals surface area (Å²) in [5.41, 5.74) is 3.07. The lowest BCUT2D eigenvalue weighted by Crippen LogP contribution is -2.25. The van der Waals surface area contributed by atoms with Crippen LogP contribution in [-0.2, 0) is 4.74 Å². The summed E-state index contributed by atoms with van der Waals surface area (Å²) in [6.07, 6.45) is 0.837. The fraction of sp³-hybridized carbons (Fsp3) is 0.500. The Morgan fingerprint density at radius 3 is 2.72 bits per heavy atom. The molecule has 0 aliphatic carbocycles. The predicted molar refractivity (Wildman–Crippen MR) is 77.5 cm³/mol. The number of ether oxygens (including phenoxy) is 1. The Kier molecular flexibility index (Phi) is 6.98. The molecule has 1 aromatic rings. The minimum absolute atomic E-state index is 0.0152. The minimum atomic E-state index is -0.0152. The monoisotopic (exact) mass is 313 g/mol. The normalized spacial score (nSPS) is 10.4. The molecule has 0 bridgehead atoms. The van der Waals surface area contributed by atoms with Crippen molar-refractivity contribution in [2.75, 3.05) is 25.1 Å². The molecule has 1 aromatic carbocycles. The van der Waals surface area contributed by atoms with E-state index in [0.29, 0.717) is 19.8 Å². The first-order chi connectivity index (χ1) is 8.65. The van der Waals surface area contributed by atoms with E-state index in [-0.39, 0.29) is 5.91 Å². The van der Waals surface area contributed by atoms with E-state index in [1.54, 1.807) is 0 Å². The van der Waals surface area contributed by atoms with Gasteiger partial charge in [0.2, 0.25) is 0 Å². The Hall–Kier alpha value is -0.870. The van der Waals surface area contributed by atoms with Gasteiger partial charge in [0.15, 0.2) is 0 Å². The molecule has 100 valence electrons. The van der Waals surface area contributed by atoms with Gasteiger partial charge in [-0.3, -0.25) is 4.79 Å². The van der Waals surface area contributed by atoms with E-state index in [1.165, 1.54) is 5.56 Å². The Labute approximate surface area is 117 Å². The molecule has 0 atom stereocenters. The molecule has 18 heavy (non-hydrogen) atoms. The number of halogens is 1. The van der Waals surface area contributed by atoms with Crippen LogP contribution in [0.15, 0.2) is 18.2 Å². The van der Waals surface area contributed by atoms with Crippen LogP contribution in [0, 0.1) is 13.8 Å². The highest BCUT2D eigenvalue weighted by Crippen LogP contribution is 2.09. The summed E-state index contributed by atoms with van der Waals surface area (Å²) in [4.78, 5) is 11.8. The molecule has 0 saturated heterocycles. The second kappa shape index (κ2) is 8.27. The molecule has 0 fully saturated rings. The molecule has 3 nitrogen and oxygen atoms in total. The van der Waals surface area contributed by atoms with Crippen molar-refractivity contribution in [2.45, 2.75) is 20.3 Å². The summed E-state index contributed by atoms with van der Waals surface area (Å²) in [5.74, 6) is -0.0152. The van der Waals surface area contributed by atoms with Gasteiger partial charge < -0.3 is 10.1 Å². The van der Waals surface area contributed by atoms with Crippen LogP contribution in [0.4, 0.5) is 0 Å². The molecule has 1 amide bonds. The van der Waals surface area contributed by atoms with Gasteiger partial charge in [0.25, 0.3) is 5.91 Å². The summed E-state index contributed by atoms with van der Waals surface area (Å²) in [6, 6.07) is 5.76. The first-order valence-corrected chi connectivity index (χ1v) is 7.26. The summed E-state index contributed by atoms with van der Waals surface area (Å²) in [6.45, 7) is 6.09. The molecular formula is C14H20BrNO2. The van der Waals surface area contributed by atoms with Crippen molar-refractivity contribution in [1.82, 2.24) is 5.32 Å². The van der Waals surface area contributed by atoms with Crippen molar-refractivity contribution < 1.29 is 9.53 Å². The van der Waals surface area contributed by atoms with Gasteiger partial charge in [-0.05, 0) is 43.5 Å². The number of alkyl halides is 1. The van der Waals surface area contributed by atoms with Crippen molar-refractivity contribution in [2.24, 2.45) is 0 Å². The Morgan fingerprint density at radius 2 is 2.06 bits per heavy atom. The molecule has 0 aromatic heterocycles. The summed E-state index contributed by atoms with van der Waals surface area (Å²) < 4.78 is 5.31. The van der Waals surface area contributed by atoms with Gasteiger partial charge in [-0.25, -0.2) is 0 Å². The Bertz CT molecular complexity index is 393. The third-order valence-electron chi connectivity index (χ3n) is 2.74. The van der Waals surface area contributed by atoms with E-state index in [1.807, 2.05) is 32.0 Å². The van der Waals surface area contributed by atoms with Gasteiger partial charge >= 0.3 is 0 Å². The van der Waals surface area contributed by atoms with Crippen molar-refractivity contribution in [3.8, 4) is 0 Å². The highest BCUT2D eigenvalue weighted by molar-refractivity contribution is 9.09. The van der Waals surface area contributed by atoms with Crippen LogP contribution in [0.25, 0.3) is 0 Å². The van der Waals surface area contributed by atoms with E-state index in [0.717, 1.165) is 22.9 Å². The lowest BCUT2D eigenvalue weighted by Gasteiger charge is -2.07. The van der Waals surface area contributed by atoms with Gasteiger partial charge in [-0.15, -0.1) is 0 Å². The molecule has 1 N–H and O–H groups in total. The van der Waals surface area contributed by atoms with Gasteiger partial charge in [0.05, 0.1) is 6.61 Å². The van der Waals surface area contributed by atoms with Gasteiger partial charge in [0.1, 0.15) is 0 Å². The molecule has 0 radical (unpaired) electrons. The van der Waals surface area contributed by atoms with Crippen LogP contribution in [0.1, 0.15) is 27.9 Å². The number of amides is 1. The molecule has 0 spiro atoms. The number of benzene rings is 1. The van der Waals surface area contributed by atoms with Crippen LogP contribution in [0.2, 0.25) is 0 Å². The van der Waals surface area contributed by atoms with E-state index in [2.05, 4.69) is 21.2 Å². The fourth-order valence-electron chi connectivity index (χ4n) is 1.52. The van der Waals surface area contributed by atoms with Gasteiger partial charge in [-0.2, -0.15) is 0 Å². The molecule has 1 rings (SSSR count). The standard InChI is InChI=1S/C14H20BrNO2/c1-11-4-5-13(10-12(11)2)14(17)16-7-3-8-18-9-6-15/h4-5,10H,3,6-9H2,1-2H3,(H,16,17). The Balaban J connectivity index is 2.30. The van der Waals surface area contributed by atoms with Crippen molar-refractivity contribution in [1.29, 1.82) is 0 Å². The van der Waals surface area contributed by atoms with Crippen LogP contribution >= 0.6 is 15.9 Å². The van der Waals surface area contributed by atoms with Gasteiger partial charge in [0, 0.05) is 24.0 Å².